The van der Waals surface area contributed by atoms with Crippen molar-refractivity contribution in [3.63, 3.8) is 0 Å². The molecule has 9 nitrogen and oxygen atoms in total. The summed E-state index contributed by atoms with van der Waals surface area (Å²) in [5.74, 6) is 0.115. The monoisotopic (exact) mass is 495 g/mol. The van der Waals surface area contributed by atoms with Gasteiger partial charge in [-0.2, -0.15) is 4.31 Å². The van der Waals surface area contributed by atoms with E-state index < -0.39 is 32.0 Å². The lowest BCUT2D eigenvalue weighted by Crippen LogP contribution is -2.44. The number of amides is 1. The molecule has 0 saturated carbocycles. The molecular weight excluding hydrogens is 466 g/mol. The van der Waals surface area contributed by atoms with E-state index in [4.69, 9.17) is 4.74 Å². The maximum atomic E-state index is 13.0. The minimum Gasteiger partial charge on any atom is -0.497 e. The van der Waals surface area contributed by atoms with E-state index in [9.17, 15) is 21.6 Å². The Bertz CT molecular complexity index is 1210. The molecule has 0 bridgehead atoms. The van der Waals surface area contributed by atoms with E-state index in [1.54, 1.807) is 50.2 Å². The van der Waals surface area contributed by atoms with Gasteiger partial charge in [-0.25, -0.2) is 16.8 Å². The van der Waals surface area contributed by atoms with Gasteiger partial charge in [0.2, 0.25) is 15.9 Å². The molecule has 1 atom stereocenters. The molecule has 180 valence electrons. The highest BCUT2D eigenvalue weighted by Gasteiger charge is 2.38. The van der Waals surface area contributed by atoms with Crippen LogP contribution < -0.4 is 14.8 Å². The van der Waals surface area contributed by atoms with Crippen LogP contribution in [0, 0.1) is 6.92 Å². The Balaban J connectivity index is 1.80. The van der Waals surface area contributed by atoms with Crippen LogP contribution in [-0.2, 0) is 24.8 Å². The molecule has 33 heavy (non-hydrogen) atoms. The van der Waals surface area contributed by atoms with Gasteiger partial charge in [-0.3, -0.25) is 9.52 Å². The zero-order chi connectivity index (χ0) is 24.2. The topological polar surface area (TPSA) is 122 Å². The van der Waals surface area contributed by atoms with E-state index in [0.717, 1.165) is 0 Å². The number of aryl methyl sites for hydroxylation is 1. The highest BCUT2D eigenvalue weighted by Crippen LogP contribution is 2.26. The molecule has 1 aliphatic rings. The van der Waals surface area contributed by atoms with Crippen LogP contribution in [-0.4, -0.2) is 52.5 Å². The lowest BCUT2D eigenvalue weighted by molar-refractivity contribution is -0.119. The first-order valence-electron chi connectivity index (χ1n) is 10.7. The quantitative estimate of drug-likeness (QED) is 0.552. The van der Waals surface area contributed by atoms with E-state index in [2.05, 4.69) is 10.0 Å². The summed E-state index contributed by atoms with van der Waals surface area (Å²) < 4.78 is 59.8. The molecule has 0 radical (unpaired) electrons. The second kappa shape index (κ2) is 10.1. The van der Waals surface area contributed by atoms with E-state index in [1.165, 1.54) is 17.5 Å². The Labute approximate surface area is 195 Å². The van der Waals surface area contributed by atoms with Crippen molar-refractivity contribution in [3.8, 4) is 5.75 Å². The van der Waals surface area contributed by atoms with Crippen molar-refractivity contribution in [1.29, 1.82) is 0 Å². The lowest BCUT2D eigenvalue weighted by Gasteiger charge is -2.23. The smallest absolute Gasteiger partial charge is 0.262 e. The second-order valence-corrected chi connectivity index (χ2v) is 11.6. The van der Waals surface area contributed by atoms with Crippen LogP contribution in [0.15, 0.2) is 47.4 Å². The first kappa shape index (κ1) is 25.0. The lowest BCUT2D eigenvalue weighted by atomic mass is 10.2. The fraction of sp³-hybridized carbons (Fsp3) is 0.409. The Morgan fingerprint density at radius 2 is 1.76 bits per heavy atom. The molecule has 0 aliphatic carbocycles. The molecule has 3 rings (SSSR count). The molecule has 2 aromatic rings. The molecule has 1 saturated heterocycles. The molecule has 1 unspecified atom stereocenters. The Kier molecular flexibility index (Phi) is 7.65. The molecule has 1 heterocycles. The largest absolute Gasteiger partial charge is 0.497 e. The van der Waals surface area contributed by atoms with Crippen molar-refractivity contribution >= 4 is 37.3 Å². The van der Waals surface area contributed by atoms with E-state index in [0.29, 0.717) is 42.8 Å². The van der Waals surface area contributed by atoms with E-state index in [1.807, 2.05) is 0 Å². The Hall–Kier alpha value is -2.63. The summed E-state index contributed by atoms with van der Waals surface area (Å²) in [4.78, 5) is 12.9. The summed E-state index contributed by atoms with van der Waals surface area (Å²) in [6.45, 7) is 3.74. The molecule has 2 aromatic carbocycles. The summed E-state index contributed by atoms with van der Waals surface area (Å²) >= 11 is 0. The van der Waals surface area contributed by atoms with Crippen LogP contribution in [0.4, 0.5) is 11.4 Å². The first-order valence-corrected chi connectivity index (χ1v) is 13.7. The van der Waals surface area contributed by atoms with Crippen LogP contribution in [0.2, 0.25) is 0 Å². The van der Waals surface area contributed by atoms with Crippen LogP contribution in [0.25, 0.3) is 0 Å². The predicted molar refractivity (Wildman–Crippen MR) is 127 cm³/mol. The third-order valence-electron chi connectivity index (χ3n) is 5.41. The van der Waals surface area contributed by atoms with Crippen LogP contribution in [0.1, 0.15) is 31.7 Å². The minimum absolute atomic E-state index is 0.0120. The van der Waals surface area contributed by atoms with Gasteiger partial charge >= 0.3 is 0 Å². The number of sulfonamides is 2. The highest BCUT2D eigenvalue weighted by molar-refractivity contribution is 7.92. The number of hydrogen-bond acceptors (Lipinski definition) is 6. The SMILES string of the molecule is CCCS(=O)(=O)N1CCCC1C(=O)Nc1ccc(C)c(S(=O)(=O)Nc2ccc(OC)cc2)c1. The van der Waals surface area contributed by atoms with Gasteiger partial charge < -0.3 is 10.1 Å². The third-order valence-corrected chi connectivity index (χ3v) is 9.01. The summed E-state index contributed by atoms with van der Waals surface area (Å²) in [7, 11) is -5.93. The van der Waals surface area contributed by atoms with Gasteiger partial charge in [-0.05, 0) is 68.1 Å². The zero-order valence-electron chi connectivity index (χ0n) is 18.9. The number of anilines is 2. The number of carbonyl (C=O) groups excluding carboxylic acids is 1. The maximum absolute atomic E-state index is 13.0. The fourth-order valence-corrected chi connectivity index (χ4v) is 6.85. The van der Waals surface area contributed by atoms with Gasteiger partial charge in [0.25, 0.3) is 10.0 Å². The Morgan fingerprint density at radius 3 is 2.39 bits per heavy atom. The normalized spacial score (nSPS) is 17.0. The second-order valence-electron chi connectivity index (χ2n) is 7.89. The highest BCUT2D eigenvalue weighted by atomic mass is 32.2. The van der Waals surface area contributed by atoms with Gasteiger partial charge in [-0.1, -0.05) is 13.0 Å². The van der Waals surface area contributed by atoms with Gasteiger partial charge in [0, 0.05) is 17.9 Å². The number of benzene rings is 2. The van der Waals surface area contributed by atoms with Crippen molar-refractivity contribution in [3.05, 3.63) is 48.0 Å². The molecule has 1 aliphatic heterocycles. The van der Waals surface area contributed by atoms with Crippen molar-refractivity contribution in [2.75, 3.05) is 29.4 Å². The standard InChI is InChI=1S/C22H29N3O6S2/c1-4-14-32(27,28)25-13-5-6-20(25)22(26)23-18-8-7-16(2)21(15-18)33(29,30)24-17-9-11-19(31-3)12-10-17/h7-12,15,20,24H,4-6,13-14H2,1-3H3,(H,23,26). The van der Waals surface area contributed by atoms with Crippen molar-refractivity contribution in [2.24, 2.45) is 0 Å². The van der Waals surface area contributed by atoms with Crippen molar-refractivity contribution in [2.45, 2.75) is 44.0 Å². The molecular formula is C22H29N3O6S2. The number of nitrogens with zero attached hydrogens (tertiary/aromatic N) is 1. The van der Waals surface area contributed by atoms with Crippen LogP contribution in [0.5, 0.6) is 5.75 Å². The van der Waals surface area contributed by atoms with E-state index >= 15 is 0 Å². The van der Waals surface area contributed by atoms with Gasteiger partial charge in [0.15, 0.2) is 0 Å². The molecule has 1 amide bonds. The number of hydrogen-bond donors (Lipinski definition) is 2. The fourth-order valence-electron chi connectivity index (χ4n) is 3.77. The average Bonchev–Trinajstić information content (AvgIpc) is 3.26. The third kappa shape index (κ3) is 5.84. The van der Waals surface area contributed by atoms with Crippen LogP contribution >= 0.6 is 0 Å². The summed E-state index contributed by atoms with van der Waals surface area (Å²) in [5.41, 5.74) is 1.15. The Morgan fingerprint density at radius 1 is 1.09 bits per heavy atom. The molecule has 11 heteroatoms. The summed E-state index contributed by atoms with van der Waals surface area (Å²) in [6, 6.07) is 10.2. The number of nitrogens with one attached hydrogen (secondary N) is 2. The van der Waals surface area contributed by atoms with Gasteiger partial charge in [-0.15, -0.1) is 0 Å². The molecule has 1 fully saturated rings. The molecule has 2 N–H and O–H groups in total. The summed E-state index contributed by atoms with van der Waals surface area (Å²) in [6.07, 6.45) is 1.48. The number of methoxy groups -OCH3 is 1. The number of rotatable bonds is 9. The first-order chi connectivity index (χ1) is 15.6. The summed E-state index contributed by atoms with van der Waals surface area (Å²) in [5, 5.41) is 2.69. The molecule has 0 aromatic heterocycles. The van der Waals surface area contributed by atoms with Gasteiger partial charge in [0.05, 0.1) is 17.8 Å². The average molecular weight is 496 g/mol. The maximum Gasteiger partial charge on any atom is 0.262 e. The van der Waals surface area contributed by atoms with Gasteiger partial charge in [0.1, 0.15) is 11.8 Å². The number of ether oxygens (including phenoxy) is 1. The van der Waals surface area contributed by atoms with Crippen LogP contribution in [0.3, 0.4) is 0 Å². The zero-order valence-corrected chi connectivity index (χ0v) is 20.5. The predicted octanol–water partition coefficient (Wildman–Crippen LogP) is 2.95. The minimum atomic E-state index is -3.93. The molecule has 0 spiro atoms. The van der Waals surface area contributed by atoms with E-state index in [-0.39, 0.29) is 16.3 Å². The number of carbonyl (C=O) groups is 1. The van der Waals surface area contributed by atoms with Crippen molar-refractivity contribution in [1.82, 2.24) is 4.31 Å². The van der Waals surface area contributed by atoms with Crippen molar-refractivity contribution < 1.29 is 26.4 Å².